The smallest absolute Gasteiger partial charge is 0.254 e. The lowest BCUT2D eigenvalue weighted by Crippen LogP contribution is -2.40. The molecule has 0 atom stereocenters. The highest BCUT2D eigenvalue weighted by atomic mass is 19.1. The van der Waals surface area contributed by atoms with Crippen molar-refractivity contribution in [2.45, 2.75) is 0 Å². The van der Waals surface area contributed by atoms with Gasteiger partial charge in [0.25, 0.3) is 11.8 Å². The molecule has 0 aromatic heterocycles. The van der Waals surface area contributed by atoms with Crippen LogP contribution in [-0.2, 0) is 4.79 Å². The summed E-state index contributed by atoms with van der Waals surface area (Å²) in [6.07, 6.45) is 0. The lowest BCUT2D eigenvalue weighted by Gasteiger charge is -2.09. The zero-order chi connectivity index (χ0) is 18.9. The summed E-state index contributed by atoms with van der Waals surface area (Å²) in [5.74, 6) is -3.26. The molecule has 6 nitrogen and oxygen atoms in total. The molecule has 3 N–H and O–H groups in total. The minimum absolute atomic E-state index is 0.0496. The minimum Gasteiger partial charge on any atom is -0.353 e. The van der Waals surface area contributed by atoms with Gasteiger partial charge in [-0.2, -0.15) is 0 Å². The van der Waals surface area contributed by atoms with Crippen molar-refractivity contribution in [3.8, 4) is 0 Å². The van der Waals surface area contributed by atoms with E-state index in [1.54, 1.807) is 30.3 Å². The standard InChI is InChI=1S/C18H17F2N3O3/c19-13-6-7-14(15(20)10-13)18(26)22-9-8-21-16(24)11-23-17(25)12-4-2-1-3-5-12/h1-7,10H,8-9,11H2,(H,21,24)(H,22,26)(H,23,25). The summed E-state index contributed by atoms with van der Waals surface area (Å²) in [4.78, 5) is 35.2. The number of halogens is 2. The Kier molecular flexibility index (Phi) is 6.78. The first-order valence-corrected chi connectivity index (χ1v) is 7.80. The zero-order valence-corrected chi connectivity index (χ0v) is 13.7. The molecule has 0 saturated heterocycles. The second-order valence-corrected chi connectivity index (χ2v) is 5.28. The molecule has 0 aliphatic rings. The lowest BCUT2D eigenvalue weighted by atomic mass is 10.2. The Bertz CT molecular complexity index is 798. The number of carbonyl (C=O) groups excluding carboxylic acids is 3. The molecule has 3 amide bonds. The number of nitrogens with one attached hydrogen (secondary N) is 3. The number of carbonyl (C=O) groups is 3. The van der Waals surface area contributed by atoms with Crippen LogP contribution < -0.4 is 16.0 Å². The topological polar surface area (TPSA) is 87.3 Å². The molecule has 0 saturated carbocycles. The van der Waals surface area contributed by atoms with Crippen LogP contribution in [0.2, 0.25) is 0 Å². The Morgan fingerprint density at radius 3 is 2.19 bits per heavy atom. The second kappa shape index (κ2) is 9.26. The maximum absolute atomic E-state index is 13.4. The maximum Gasteiger partial charge on any atom is 0.254 e. The Balaban J connectivity index is 1.67. The van der Waals surface area contributed by atoms with E-state index in [2.05, 4.69) is 16.0 Å². The molecule has 26 heavy (non-hydrogen) atoms. The van der Waals surface area contributed by atoms with E-state index in [0.29, 0.717) is 11.6 Å². The third kappa shape index (κ3) is 5.66. The van der Waals surface area contributed by atoms with Crippen molar-refractivity contribution in [3.05, 3.63) is 71.3 Å². The number of rotatable bonds is 7. The molecule has 0 fully saturated rings. The van der Waals surface area contributed by atoms with Gasteiger partial charge < -0.3 is 16.0 Å². The van der Waals surface area contributed by atoms with Crippen molar-refractivity contribution in [2.24, 2.45) is 0 Å². The summed E-state index contributed by atoms with van der Waals surface area (Å²) in [5.41, 5.74) is 0.154. The molecule has 0 bridgehead atoms. The fourth-order valence-corrected chi connectivity index (χ4v) is 2.06. The SMILES string of the molecule is O=C(CNC(=O)c1ccccc1)NCCNC(=O)c1ccc(F)cc1F. The van der Waals surface area contributed by atoms with E-state index in [4.69, 9.17) is 0 Å². The van der Waals surface area contributed by atoms with Gasteiger partial charge in [-0.05, 0) is 24.3 Å². The zero-order valence-electron chi connectivity index (χ0n) is 13.7. The highest BCUT2D eigenvalue weighted by Gasteiger charge is 2.12. The number of benzene rings is 2. The molecule has 0 aliphatic carbocycles. The largest absolute Gasteiger partial charge is 0.353 e. The van der Waals surface area contributed by atoms with Crippen molar-refractivity contribution in [1.29, 1.82) is 0 Å². The summed E-state index contributed by atoms with van der Waals surface area (Å²) in [6.45, 7) is -0.0725. The quantitative estimate of drug-likeness (QED) is 0.649. The summed E-state index contributed by atoms with van der Waals surface area (Å²) in [7, 11) is 0. The summed E-state index contributed by atoms with van der Waals surface area (Å²) in [5, 5.41) is 7.36. The Labute approximate surface area is 148 Å². The molecule has 2 rings (SSSR count). The van der Waals surface area contributed by atoms with Crippen LogP contribution in [0.4, 0.5) is 8.78 Å². The second-order valence-electron chi connectivity index (χ2n) is 5.28. The average molecular weight is 361 g/mol. The molecule has 0 unspecified atom stereocenters. The van der Waals surface area contributed by atoms with Crippen molar-refractivity contribution in [1.82, 2.24) is 16.0 Å². The summed E-state index contributed by atoms with van der Waals surface area (Å²) < 4.78 is 26.2. The molecule has 0 heterocycles. The lowest BCUT2D eigenvalue weighted by molar-refractivity contribution is -0.120. The van der Waals surface area contributed by atoms with Crippen LogP contribution in [0.1, 0.15) is 20.7 Å². The van der Waals surface area contributed by atoms with Crippen LogP contribution in [0.15, 0.2) is 48.5 Å². The Morgan fingerprint density at radius 1 is 0.808 bits per heavy atom. The Morgan fingerprint density at radius 2 is 1.50 bits per heavy atom. The van der Waals surface area contributed by atoms with E-state index < -0.39 is 23.4 Å². The van der Waals surface area contributed by atoms with E-state index in [1.165, 1.54) is 0 Å². The molecule has 0 spiro atoms. The van der Waals surface area contributed by atoms with Crippen LogP contribution in [0, 0.1) is 11.6 Å². The van der Waals surface area contributed by atoms with Gasteiger partial charge in [0.05, 0.1) is 12.1 Å². The van der Waals surface area contributed by atoms with E-state index in [-0.39, 0.29) is 31.1 Å². The molecule has 0 aliphatic heterocycles. The monoisotopic (exact) mass is 361 g/mol. The van der Waals surface area contributed by atoms with Gasteiger partial charge in [0.15, 0.2) is 0 Å². The van der Waals surface area contributed by atoms with Crippen LogP contribution in [0.5, 0.6) is 0 Å². The highest BCUT2D eigenvalue weighted by molar-refractivity contribution is 5.96. The highest BCUT2D eigenvalue weighted by Crippen LogP contribution is 2.08. The molecule has 136 valence electrons. The van der Waals surface area contributed by atoms with Gasteiger partial charge in [-0.1, -0.05) is 18.2 Å². The van der Waals surface area contributed by atoms with Crippen LogP contribution in [-0.4, -0.2) is 37.4 Å². The summed E-state index contributed by atoms with van der Waals surface area (Å²) >= 11 is 0. The van der Waals surface area contributed by atoms with Gasteiger partial charge in [-0.15, -0.1) is 0 Å². The van der Waals surface area contributed by atoms with E-state index >= 15 is 0 Å². The van der Waals surface area contributed by atoms with Gasteiger partial charge in [-0.25, -0.2) is 8.78 Å². The fourth-order valence-electron chi connectivity index (χ4n) is 2.06. The van der Waals surface area contributed by atoms with Gasteiger partial charge in [-0.3, -0.25) is 14.4 Å². The van der Waals surface area contributed by atoms with Gasteiger partial charge in [0, 0.05) is 24.7 Å². The third-order valence-corrected chi connectivity index (χ3v) is 3.35. The fraction of sp³-hybridized carbons (Fsp3) is 0.167. The summed E-state index contributed by atoms with van der Waals surface area (Å²) in [6, 6.07) is 11.1. The first kappa shape index (κ1) is 19.0. The van der Waals surface area contributed by atoms with E-state index in [1.807, 2.05) is 0 Å². The van der Waals surface area contributed by atoms with E-state index in [9.17, 15) is 23.2 Å². The van der Waals surface area contributed by atoms with Crippen LogP contribution in [0.25, 0.3) is 0 Å². The first-order valence-electron chi connectivity index (χ1n) is 7.80. The first-order chi connectivity index (χ1) is 12.5. The molecular formula is C18H17F2N3O3. The molecule has 2 aromatic carbocycles. The predicted molar refractivity (Wildman–Crippen MR) is 90.5 cm³/mol. The van der Waals surface area contributed by atoms with Gasteiger partial charge in [0.1, 0.15) is 11.6 Å². The molecule has 8 heteroatoms. The third-order valence-electron chi connectivity index (χ3n) is 3.35. The average Bonchev–Trinajstić information content (AvgIpc) is 2.63. The van der Waals surface area contributed by atoms with Crippen molar-refractivity contribution < 1.29 is 23.2 Å². The molecule has 0 radical (unpaired) electrons. The van der Waals surface area contributed by atoms with Crippen molar-refractivity contribution >= 4 is 17.7 Å². The molecule has 2 aromatic rings. The maximum atomic E-state index is 13.4. The van der Waals surface area contributed by atoms with Crippen molar-refractivity contribution in [2.75, 3.05) is 19.6 Å². The van der Waals surface area contributed by atoms with E-state index in [0.717, 1.165) is 12.1 Å². The number of amides is 3. The molecular weight excluding hydrogens is 344 g/mol. The minimum atomic E-state index is -0.963. The number of hydrogen-bond donors (Lipinski definition) is 3. The number of hydrogen-bond acceptors (Lipinski definition) is 3. The normalized spacial score (nSPS) is 10.1. The predicted octanol–water partition coefficient (Wildman–Crippen LogP) is 1.24. The van der Waals surface area contributed by atoms with Gasteiger partial charge in [0.2, 0.25) is 5.91 Å². The van der Waals surface area contributed by atoms with Crippen LogP contribution >= 0.6 is 0 Å². The van der Waals surface area contributed by atoms with Gasteiger partial charge >= 0.3 is 0 Å². The van der Waals surface area contributed by atoms with Crippen LogP contribution in [0.3, 0.4) is 0 Å². The Hall–Kier alpha value is -3.29. The van der Waals surface area contributed by atoms with Crippen molar-refractivity contribution in [3.63, 3.8) is 0 Å².